The van der Waals surface area contributed by atoms with Gasteiger partial charge in [0.15, 0.2) is 0 Å². The Morgan fingerprint density at radius 2 is 2.26 bits per heavy atom. The van der Waals surface area contributed by atoms with Gasteiger partial charge in [-0.1, -0.05) is 6.07 Å². The summed E-state index contributed by atoms with van der Waals surface area (Å²) in [4.78, 5) is 19.2. The van der Waals surface area contributed by atoms with Crippen LogP contribution in [0.25, 0.3) is 5.65 Å². The number of fused-ring (bicyclic) bond motifs is 1. The van der Waals surface area contributed by atoms with Crippen LogP contribution in [-0.2, 0) is 6.54 Å². The van der Waals surface area contributed by atoms with Crippen LogP contribution in [0.3, 0.4) is 0 Å². The summed E-state index contributed by atoms with van der Waals surface area (Å²) in [6.45, 7) is 3.56. The van der Waals surface area contributed by atoms with Gasteiger partial charge in [-0.2, -0.15) is 5.10 Å². The van der Waals surface area contributed by atoms with E-state index in [0.717, 1.165) is 37.1 Å². The zero-order valence-corrected chi connectivity index (χ0v) is 13.1. The molecule has 1 amide bonds. The first-order chi connectivity index (χ1) is 11.2. The summed E-state index contributed by atoms with van der Waals surface area (Å²) in [5.41, 5.74) is 2.45. The third kappa shape index (κ3) is 2.60. The SMILES string of the molecule is Cc1cnn(CC2CCCN2C(=O)c2cn3ccccc3n2)c1. The molecule has 0 aliphatic carbocycles. The molecule has 0 radical (unpaired) electrons. The topological polar surface area (TPSA) is 55.4 Å². The van der Waals surface area contributed by atoms with E-state index >= 15 is 0 Å². The van der Waals surface area contributed by atoms with Crippen LogP contribution in [0.5, 0.6) is 0 Å². The smallest absolute Gasteiger partial charge is 0.274 e. The Morgan fingerprint density at radius 3 is 3.04 bits per heavy atom. The van der Waals surface area contributed by atoms with Crippen LogP contribution >= 0.6 is 0 Å². The van der Waals surface area contributed by atoms with Crippen molar-refractivity contribution in [1.82, 2.24) is 24.1 Å². The molecule has 1 unspecified atom stereocenters. The quantitative estimate of drug-likeness (QED) is 0.745. The maximum atomic E-state index is 12.8. The lowest BCUT2D eigenvalue weighted by Gasteiger charge is -2.23. The molecule has 4 heterocycles. The van der Waals surface area contributed by atoms with Crippen LogP contribution < -0.4 is 0 Å². The van der Waals surface area contributed by atoms with Crippen LogP contribution in [0.4, 0.5) is 0 Å². The summed E-state index contributed by atoms with van der Waals surface area (Å²) < 4.78 is 3.81. The molecule has 4 rings (SSSR count). The van der Waals surface area contributed by atoms with E-state index in [0.29, 0.717) is 5.69 Å². The summed E-state index contributed by atoms with van der Waals surface area (Å²) >= 11 is 0. The fourth-order valence-electron chi connectivity index (χ4n) is 3.26. The number of rotatable bonds is 3. The van der Waals surface area contributed by atoms with Crippen LogP contribution in [0.2, 0.25) is 0 Å². The number of nitrogens with zero attached hydrogens (tertiary/aromatic N) is 5. The molecule has 0 aromatic carbocycles. The molecule has 1 aliphatic rings. The lowest BCUT2D eigenvalue weighted by Crippen LogP contribution is -2.38. The minimum absolute atomic E-state index is 0.0140. The van der Waals surface area contributed by atoms with Crippen molar-refractivity contribution in [2.45, 2.75) is 32.4 Å². The van der Waals surface area contributed by atoms with Crippen LogP contribution in [0.1, 0.15) is 28.9 Å². The van der Waals surface area contributed by atoms with Crippen molar-refractivity contribution in [3.63, 3.8) is 0 Å². The number of hydrogen-bond donors (Lipinski definition) is 0. The largest absolute Gasteiger partial charge is 0.332 e. The highest BCUT2D eigenvalue weighted by Gasteiger charge is 2.31. The highest BCUT2D eigenvalue weighted by atomic mass is 16.2. The van der Waals surface area contributed by atoms with Crippen LogP contribution in [-0.4, -0.2) is 42.6 Å². The molecule has 1 saturated heterocycles. The molecule has 6 heteroatoms. The predicted molar refractivity (Wildman–Crippen MR) is 86.2 cm³/mol. The van der Waals surface area contributed by atoms with E-state index in [1.165, 1.54) is 0 Å². The third-order valence-electron chi connectivity index (χ3n) is 4.38. The monoisotopic (exact) mass is 309 g/mol. The number of carbonyl (C=O) groups excluding carboxylic acids is 1. The van der Waals surface area contributed by atoms with Crippen molar-refractivity contribution in [3.05, 3.63) is 54.2 Å². The van der Waals surface area contributed by atoms with E-state index < -0.39 is 0 Å². The van der Waals surface area contributed by atoms with Gasteiger partial charge in [-0.05, 0) is 37.5 Å². The number of hydrogen-bond acceptors (Lipinski definition) is 3. The highest BCUT2D eigenvalue weighted by molar-refractivity contribution is 5.93. The molecule has 0 bridgehead atoms. The first kappa shape index (κ1) is 14.0. The molecule has 3 aromatic rings. The van der Waals surface area contributed by atoms with Gasteiger partial charge in [0, 0.05) is 25.1 Å². The first-order valence-electron chi connectivity index (χ1n) is 7.94. The van der Waals surface area contributed by atoms with E-state index in [9.17, 15) is 4.79 Å². The Kier molecular flexibility index (Phi) is 3.37. The first-order valence-corrected chi connectivity index (χ1v) is 7.94. The van der Waals surface area contributed by atoms with E-state index in [-0.39, 0.29) is 11.9 Å². The Balaban J connectivity index is 1.56. The highest BCUT2D eigenvalue weighted by Crippen LogP contribution is 2.21. The fraction of sp³-hybridized carbons (Fsp3) is 0.353. The van der Waals surface area contributed by atoms with E-state index in [4.69, 9.17) is 0 Å². The van der Waals surface area contributed by atoms with E-state index in [2.05, 4.69) is 10.1 Å². The number of pyridine rings is 1. The molecule has 3 aromatic heterocycles. The van der Waals surface area contributed by atoms with Crippen molar-refractivity contribution >= 4 is 11.6 Å². The third-order valence-corrected chi connectivity index (χ3v) is 4.38. The number of likely N-dealkylation sites (tertiary alicyclic amines) is 1. The number of carbonyl (C=O) groups is 1. The van der Waals surface area contributed by atoms with E-state index in [1.54, 1.807) is 0 Å². The molecular weight excluding hydrogens is 290 g/mol. The lowest BCUT2D eigenvalue weighted by atomic mass is 10.2. The van der Waals surface area contributed by atoms with Crippen molar-refractivity contribution in [3.8, 4) is 0 Å². The molecule has 0 N–H and O–H groups in total. The number of imidazole rings is 1. The lowest BCUT2D eigenvalue weighted by molar-refractivity contribution is 0.0716. The second kappa shape index (κ2) is 5.53. The molecular formula is C17H19N5O. The average molecular weight is 309 g/mol. The van der Waals surface area contributed by atoms with Gasteiger partial charge in [-0.3, -0.25) is 9.48 Å². The Hall–Kier alpha value is -2.63. The Labute approximate surface area is 134 Å². The summed E-state index contributed by atoms with van der Waals surface area (Å²) in [5, 5.41) is 4.34. The summed E-state index contributed by atoms with van der Waals surface area (Å²) in [5.74, 6) is 0.0140. The fourth-order valence-corrected chi connectivity index (χ4v) is 3.26. The number of aryl methyl sites for hydroxylation is 1. The minimum Gasteiger partial charge on any atom is -0.332 e. The average Bonchev–Trinajstić information content (AvgIpc) is 3.26. The molecule has 6 nitrogen and oxygen atoms in total. The molecule has 1 atom stereocenters. The standard InChI is InChI=1S/C17H19N5O/c1-13-9-18-21(10-13)11-14-5-4-8-22(14)17(23)15-12-20-7-3-2-6-16(20)19-15/h2-3,6-7,9-10,12,14H,4-5,8,11H2,1H3. The molecule has 0 spiro atoms. The van der Waals surface area contributed by atoms with Gasteiger partial charge in [0.1, 0.15) is 11.3 Å². The zero-order valence-electron chi connectivity index (χ0n) is 13.1. The van der Waals surface area contributed by atoms with Gasteiger partial charge in [-0.25, -0.2) is 4.98 Å². The summed E-state index contributed by atoms with van der Waals surface area (Å²) in [7, 11) is 0. The molecule has 118 valence electrons. The number of aromatic nitrogens is 4. The Morgan fingerprint density at radius 1 is 1.35 bits per heavy atom. The summed E-state index contributed by atoms with van der Waals surface area (Å²) in [6, 6.07) is 5.95. The molecule has 0 saturated carbocycles. The maximum absolute atomic E-state index is 12.8. The molecule has 23 heavy (non-hydrogen) atoms. The van der Waals surface area contributed by atoms with E-state index in [1.807, 2.05) is 63.9 Å². The van der Waals surface area contributed by atoms with Gasteiger partial charge >= 0.3 is 0 Å². The van der Waals surface area contributed by atoms with Crippen LogP contribution in [0.15, 0.2) is 43.0 Å². The summed E-state index contributed by atoms with van der Waals surface area (Å²) in [6.07, 6.45) is 9.63. The second-order valence-electron chi connectivity index (χ2n) is 6.13. The van der Waals surface area contributed by atoms with Crippen molar-refractivity contribution in [2.75, 3.05) is 6.54 Å². The van der Waals surface area contributed by atoms with Gasteiger partial charge < -0.3 is 9.30 Å². The van der Waals surface area contributed by atoms with Crippen molar-refractivity contribution in [2.24, 2.45) is 0 Å². The normalized spacial score (nSPS) is 18.0. The number of amides is 1. The predicted octanol–water partition coefficient (Wildman–Crippen LogP) is 2.14. The van der Waals surface area contributed by atoms with Gasteiger partial charge in [-0.15, -0.1) is 0 Å². The second-order valence-corrected chi connectivity index (χ2v) is 6.13. The van der Waals surface area contributed by atoms with Crippen LogP contribution in [0, 0.1) is 6.92 Å². The van der Waals surface area contributed by atoms with Crippen molar-refractivity contribution < 1.29 is 4.79 Å². The van der Waals surface area contributed by atoms with Gasteiger partial charge in [0.25, 0.3) is 5.91 Å². The molecule has 1 aliphatic heterocycles. The Bertz CT molecular complexity index is 816. The van der Waals surface area contributed by atoms with Crippen molar-refractivity contribution in [1.29, 1.82) is 0 Å². The maximum Gasteiger partial charge on any atom is 0.274 e. The van der Waals surface area contributed by atoms with Gasteiger partial charge in [0.2, 0.25) is 0 Å². The zero-order chi connectivity index (χ0) is 15.8. The van der Waals surface area contributed by atoms with Gasteiger partial charge in [0.05, 0.1) is 18.8 Å². The minimum atomic E-state index is 0.0140. The molecule has 1 fully saturated rings.